The van der Waals surface area contributed by atoms with Crippen LogP contribution in [0.25, 0.3) is 0 Å². The summed E-state index contributed by atoms with van der Waals surface area (Å²) in [5.41, 5.74) is 1.85. The minimum absolute atomic E-state index is 0.292. The number of fused-ring (bicyclic) bond motifs is 1. The molecule has 2 aromatic rings. The lowest BCUT2D eigenvalue weighted by molar-refractivity contribution is 0.0489. The molecule has 4 nitrogen and oxygen atoms in total. The molecule has 0 spiro atoms. The number of benzene rings is 2. The molecular formula is C17H18O4. The predicted octanol–water partition coefficient (Wildman–Crippen LogP) is 2.74. The summed E-state index contributed by atoms with van der Waals surface area (Å²) in [6.07, 6.45) is -0.336. The Bertz CT molecular complexity index is 591. The molecule has 2 atom stereocenters. The lowest BCUT2D eigenvalue weighted by Crippen LogP contribution is -2.23. The monoisotopic (exact) mass is 286 g/mol. The quantitative estimate of drug-likeness (QED) is 0.939. The number of rotatable bonds is 4. The Kier molecular flexibility index (Phi) is 3.71. The van der Waals surface area contributed by atoms with Crippen molar-refractivity contribution < 1.29 is 19.3 Å². The maximum absolute atomic E-state index is 10.6. The zero-order chi connectivity index (χ0) is 14.8. The molecule has 0 saturated heterocycles. The van der Waals surface area contributed by atoms with Crippen molar-refractivity contribution in [2.75, 3.05) is 14.2 Å². The van der Waals surface area contributed by atoms with Crippen molar-refractivity contribution in [3.63, 3.8) is 0 Å². The van der Waals surface area contributed by atoms with Gasteiger partial charge in [0, 0.05) is 12.5 Å². The van der Waals surface area contributed by atoms with Crippen LogP contribution in [0.2, 0.25) is 0 Å². The molecule has 0 radical (unpaired) electrons. The van der Waals surface area contributed by atoms with Gasteiger partial charge in [0.25, 0.3) is 0 Å². The number of aliphatic hydroxyl groups is 1. The van der Waals surface area contributed by atoms with E-state index in [4.69, 9.17) is 14.2 Å². The maximum Gasteiger partial charge on any atom is 0.133 e. The van der Waals surface area contributed by atoms with E-state index in [0.29, 0.717) is 17.9 Å². The minimum Gasteiger partial charge on any atom is -0.497 e. The van der Waals surface area contributed by atoms with E-state index in [-0.39, 0.29) is 6.10 Å². The van der Waals surface area contributed by atoms with Gasteiger partial charge in [-0.3, -0.25) is 0 Å². The normalized spacial score (nSPS) is 17.8. The Labute approximate surface area is 123 Å². The zero-order valence-electron chi connectivity index (χ0n) is 12.1. The first kappa shape index (κ1) is 13.8. The lowest BCUT2D eigenvalue weighted by Gasteiger charge is -2.19. The Morgan fingerprint density at radius 2 is 1.76 bits per heavy atom. The van der Waals surface area contributed by atoms with Crippen LogP contribution in [0.3, 0.4) is 0 Å². The molecule has 0 fully saturated rings. The maximum atomic E-state index is 10.6. The summed E-state index contributed by atoms with van der Waals surface area (Å²) in [6, 6.07) is 13.2. The first-order valence-electron chi connectivity index (χ1n) is 6.87. The molecule has 1 heterocycles. The summed E-state index contributed by atoms with van der Waals surface area (Å²) in [7, 11) is 3.18. The molecule has 0 bridgehead atoms. The Balaban J connectivity index is 1.85. The molecule has 21 heavy (non-hydrogen) atoms. The van der Waals surface area contributed by atoms with Crippen molar-refractivity contribution in [1.82, 2.24) is 0 Å². The van der Waals surface area contributed by atoms with E-state index in [1.54, 1.807) is 32.4 Å². The lowest BCUT2D eigenvalue weighted by atomic mass is 10.00. The summed E-state index contributed by atoms with van der Waals surface area (Å²) < 4.78 is 16.3. The van der Waals surface area contributed by atoms with E-state index in [2.05, 4.69) is 0 Å². The van der Waals surface area contributed by atoms with Gasteiger partial charge < -0.3 is 19.3 Å². The molecule has 1 aliphatic rings. The summed E-state index contributed by atoms with van der Waals surface area (Å²) in [5, 5.41) is 10.6. The van der Waals surface area contributed by atoms with E-state index in [0.717, 1.165) is 16.9 Å². The average Bonchev–Trinajstić information content (AvgIpc) is 2.97. The Hall–Kier alpha value is -2.20. The van der Waals surface area contributed by atoms with E-state index in [9.17, 15) is 5.11 Å². The third-order valence-electron chi connectivity index (χ3n) is 3.74. The van der Waals surface area contributed by atoms with Crippen LogP contribution in [0.15, 0.2) is 42.5 Å². The summed E-state index contributed by atoms with van der Waals surface area (Å²) in [5.74, 6) is 2.15. The van der Waals surface area contributed by atoms with Crippen molar-refractivity contribution in [2.24, 2.45) is 0 Å². The van der Waals surface area contributed by atoms with Crippen LogP contribution in [-0.2, 0) is 6.42 Å². The second-order valence-electron chi connectivity index (χ2n) is 5.06. The molecule has 110 valence electrons. The van der Waals surface area contributed by atoms with Crippen molar-refractivity contribution >= 4 is 0 Å². The van der Waals surface area contributed by atoms with Crippen LogP contribution in [0.4, 0.5) is 0 Å². The molecule has 0 aromatic heterocycles. The highest BCUT2D eigenvalue weighted by Crippen LogP contribution is 2.36. The van der Waals surface area contributed by atoms with Gasteiger partial charge in [-0.05, 0) is 29.3 Å². The van der Waals surface area contributed by atoms with Crippen LogP contribution in [0.1, 0.15) is 17.2 Å². The third-order valence-corrected chi connectivity index (χ3v) is 3.74. The van der Waals surface area contributed by atoms with Crippen molar-refractivity contribution in [3.8, 4) is 17.2 Å². The molecular weight excluding hydrogens is 268 g/mol. The van der Waals surface area contributed by atoms with Crippen molar-refractivity contribution in [2.45, 2.75) is 18.6 Å². The second-order valence-corrected chi connectivity index (χ2v) is 5.06. The van der Waals surface area contributed by atoms with E-state index in [1.807, 2.05) is 24.3 Å². The molecule has 2 aromatic carbocycles. The SMILES string of the molecule is COc1cc(OC)cc(C(O)C2Cc3ccccc3O2)c1. The molecule has 0 saturated carbocycles. The highest BCUT2D eigenvalue weighted by Gasteiger charge is 2.30. The fourth-order valence-corrected chi connectivity index (χ4v) is 2.60. The molecule has 0 amide bonds. The van der Waals surface area contributed by atoms with Gasteiger partial charge in [-0.15, -0.1) is 0 Å². The molecule has 1 N–H and O–H groups in total. The Morgan fingerprint density at radius 3 is 2.38 bits per heavy atom. The van der Waals surface area contributed by atoms with Gasteiger partial charge in [0.05, 0.1) is 14.2 Å². The molecule has 4 heteroatoms. The molecule has 2 unspecified atom stereocenters. The summed E-state index contributed by atoms with van der Waals surface area (Å²) >= 11 is 0. The topological polar surface area (TPSA) is 47.9 Å². The Morgan fingerprint density at radius 1 is 1.10 bits per heavy atom. The summed E-state index contributed by atoms with van der Waals surface area (Å²) in [4.78, 5) is 0. The highest BCUT2D eigenvalue weighted by atomic mass is 16.5. The van der Waals surface area contributed by atoms with Crippen molar-refractivity contribution in [1.29, 1.82) is 0 Å². The van der Waals surface area contributed by atoms with Gasteiger partial charge in [0.15, 0.2) is 0 Å². The van der Waals surface area contributed by atoms with Crippen LogP contribution >= 0.6 is 0 Å². The van der Waals surface area contributed by atoms with E-state index >= 15 is 0 Å². The number of hydrogen-bond donors (Lipinski definition) is 1. The molecule has 0 aliphatic carbocycles. The van der Waals surface area contributed by atoms with Crippen LogP contribution < -0.4 is 14.2 Å². The van der Waals surface area contributed by atoms with Gasteiger partial charge in [0.2, 0.25) is 0 Å². The number of hydrogen-bond acceptors (Lipinski definition) is 4. The fourth-order valence-electron chi connectivity index (χ4n) is 2.60. The van der Waals surface area contributed by atoms with E-state index in [1.165, 1.54) is 0 Å². The molecule has 3 rings (SSSR count). The first-order valence-corrected chi connectivity index (χ1v) is 6.87. The van der Waals surface area contributed by atoms with Gasteiger partial charge in [0.1, 0.15) is 29.5 Å². The zero-order valence-corrected chi connectivity index (χ0v) is 12.1. The van der Waals surface area contributed by atoms with Crippen molar-refractivity contribution in [3.05, 3.63) is 53.6 Å². The fraction of sp³-hybridized carbons (Fsp3) is 0.294. The number of ether oxygens (including phenoxy) is 3. The van der Waals surface area contributed by atoms with Gasteiger partial charge >= 0.3 is 0 Å². The molecule has 1 aliphatic heterocycles. The standard InChI is InChI=1S/C17H18O4/c1-19-13-7-12(8-14(10-13)20-2)17(18)16-9-11-5-3-4-6-15(11)21-16/h3-8,10,16-18H,9H2,1-2H3. The minimum atomic E-state index is -0.735. The van der Waals surface area contributed by atoms with Gasteiger partial charge in [-0.2, -0.15) is 0 Å². The number of para-hydroxylation sites is 1. The predicted molar refractivity (Wildman–Crippen MR) is 79.1 cm³/mol. The highest BCUT2D eigenvalue weighted by molar-refractivity contribution is 5.42. The van der Waals surface area contributed by atoms with Crippen LogP contribution in [0, 0.1) is 0 Å². The largest absolute Gasteiger partial charge is 0.497 e. The summed E-state index contributed by atoms with van der Waals surface area (Å²) in [6.45, 7) is 0. The number of aliphatic hydroxyl groups excluding tert-OH is 1. The number of methoxy groups -OCH3 is 2. The smallest absolute Gasteiger partial charge is 0.133 e. The second kappa shape index (κ2) is 5.66. The van der Waals surface area contributed by atoms with Gasteiger partial charge in [-0.1, -0.05) is 18.2 Å². The van der Waals surface area contributed by atoms with E-state index < -0.39 is 6.10 Å². The van der Waals surface area contributed by atoms with Gasteiger partial charge in [-0.25, -0.2) is 0 Å². The first-order chi connectivity index (χ1) is 10.2. The average molecular weight is 286 g/mol. The third kappa shape index (κ3) is 2.67. The van der Waals surface area contributed by atoms with Crippen LogP contribution in [0.5, 0.6) is 17.2 Å². The van der Waals surface area contributed by atoms with Crippen LogP contribution in [-0.4, -0.2) is 25.4 Å².